The minimum Gasteiger partial charge on any atom is -0.389 e. The van der Waals surface area contributed by atoms with Gasteiger partial charge in [0.25, 0.3) is 0 Å². The first-order valence-electron chi connectivity index (χ1n) is 8.72. The number of hydrogen-bond donors (Lipinski definition) is 1. The van der Waals surface area contributed by atoms with Gasteiger partial charge in [0, 0.05) is 16.6 Å². The zero-order valence-corrected chi connectivity index (χ0v) is 12.0. The van der Waals surface area contributed by atoms with Gasteiger partial charge in [0.1, 0.15) is 0 Å². The summed E-state index contributed by atoms with van der Waals surface area (Å²) >= 11 is 0. The number of benzene rings is 1. The monoisotopic (exact) mass is 264 g/mol. The van der Waals surface area contributed by atoms with E-state index in [-0.39, 0.29) is 5.92 Å². The average molecular weight is 264 g/mol. The topological polar surface area (TPSA) is 23.5 Å². The van der Waals surface area contributed by atoms with Crippen LogP contribution >= 0.6 is 0 Å². The lowest BCUT2D eigenvalue weighted by Gasteiger charge is -2.40. The second-order valence-corrected chi connectivity index (χ2v) is 6.01. The standard InChI is InChI=1S/C17H27NO/c1-14-7-9-15(10-8-14)16(13-18(2)3)17(19)11-5-4-6-12-17/h7-10,16,19H,4-6,11-13H2,1-3H3/i2D3. The molecule has 0 spiro atoms. The van der Waals surface area contributed by atoms with Gasteiger partial charge >= 0.3 is 0 Å². The Kier molecular flexibility index (Phi) is 3.47. The van der Waals surface area contributed by atoms with E-state index in [1.54, 1.807) is 7.05 Å². The van der Waals surface area contributed by atoms with Gasteiger partial charge < -0.3 is 10.0 Å². The first-order chi connectivity index (χ1) is 10.2. The molecule has 0 amide bonds. The van der Waals surface area contributed by atoms with Crippen LogP contribution in [0, 0.1) is 6.92 Å². The quantitative estimate of drug-likeness (QED) is 0.901. The smallest absolute Gasteiger partial charge is 0.0728 e. The SMILES string of the molecule is [2H]C([2H])([2H])N(C)CC(c1ccc(C)cc1)C1(O)CCCCC1. The van der Waals surface area contributed by atoms with Crippen molar-refractivity contribution in [1.29, 1.82) is 0 Å². The fraction of sp³-hybridized carbons (Fsp3) is 0.647. The summed E-state index contributed by atoms with van der Waals surface area (Å²) in [7, 11) is 1.61. The molecular weight excluding hydrogens is 234 g/mol. The maximum atomic E-state index is 11.2. The lowest BCUT2D eigenvalue weighted by atomic mass is 9.72. The van der Waals surface area contributed by atoms with Crippen molar-refractivity contribution in [2.45, 2.75) is 50.5 Å². The van der Waals surface area contributed by atoms with Gasteiger partial charge in [-0.25, -0.2) is 0 Å². The molecule has 1 atom stereocenters. The highest BCUT2D eigenvalue weighted by molar-refractivity contribution is 5.27. The number of aliphatic hydroxyl groups is 1. The van der Waals surface area contributed by atoms with Crippen LogP contribution in [0.2, 0.25) is 0 Å². The van der Waals surface area contributed by atoms with Gasteiger partial charge in [-0.1, -0.05) is 49.1 Å². The Morgan fingerprint density at radius 1 is 1.26 bits per heavy atom. The van der Waals surface area contributed by atoms with Crippen molar-refractivity contribution in [1.82, 2.24) is 4.90 Å². The van der Waals surface area contributed by atoms with Crippen molar-refractivity contribution in [3.05, 3.63) is 35.4 Å². The maximum absolute atomic E-state index is 11.2. The fourth-order valence-electron chi connectivity index (χ4n) is 3.17. The normalized spacial score (nSPS) is 23.5. The second kappa shape index (κ2) is 6.06. The number of hydrogen-bond acceptors (Lipinski definition) is 2. The van der Waals surface area contributed by atoms with Gasteiger partial charge in [0.2, 0.25) is 0 Å². The molecule has 19 heavy (non-hydrogen) atoms. The molecular formula is C17H27NO. The molecule has 2 heteroatoms. The van der Waals surface area contributed by atoms with E-state index in [2.05, 4.69) is 0 Å². The zero-order valence-electron chi connectivity index (χ0n) is 15.0. The first kappa shape index (κ1) is 10.9. The molecule has 1 unspecified atom stereocenters. The van der Waals surface area contributed by atoms with Gasteiger partial charge in [0.15, 0.2) is 0 Å². The molecule has 1 aromatic carbocycles. The summed E-state index contributed by atoms with van der Waals surface area (Å²) in [5.74, 6) is -0.168. The molecule has 0 saturated heterocycles. The second-order valence-electron chi connectivity index (χ2n) is 6.01. The highest BCUT2D eigenvalue weighted by Gasteiger charge is 2.38. The Morgan fingerprint density at radius 3 is 2.47 bits per heavy atom. The molecule has 0 heterocycles. The van der Waals surface area contributed by atoms with Crippen molar-refractivity contribution in [2.75, 3.05) is 20.6 Å². The van der Waals surface area contributed by atoms with E-state index in [1.807, 2.05) is 31.2 Å². The highest BCUT2D eigenvalue weighted by atomic mass is 16.3. The Balaban J connectivity index is 2.29. The maximum Gasteiger partial charge on any atom is 0.0728 e. The molecule has 2 rings (SSSR count). The fourth-order valence-corrected chi connectivity index (χ4v) is 3.17. The number of nitrogens with zero attached hydrogens (tertiary/aromatic N) is 1. The molecule has 1 N–H and O–H groups in total. The third kappa shape index (κ3) is 3.58. The lowest BCUT2D eigenvalue weighted by molar-refractivity contribution is -0.0277. The van der Waals surface area contributed by atoms with Crippen LogP contribution in [0.15, 0.2) is 24.3 Å². The van der Waals surface area contributed by atoms with Gasteiger partial charge in [0.05, 0.1) is 5.60 Å². The van der Waals surface area contributed by atoms with Crippen LogP contribution in [-0.4, -0.2) is 36.2 Å². The molecule has 1 fully saturated rings. The first-order valence-corrected chi connectivity index (χ1v) is 7.22. The van der Waals surface area contributed by atoms with Crippen LogP contribution in [0.5, 0.6) is 0 Å². The molecule has 0 bridgehead atoms. The van der Waals surface area contributed by atoms with Crippen molar-refractivity contribution in [2.24, 2.45) is 0 Å². The molecule has 1 aromatic rings. The van der Waals surface area contributed by atoms with Crippen LogP contribution in [0.1, 0.15) is 53.3 Å². The third-order valence-electron chi connectivity index (χ3n) is 4.30. The third-order valence-corrected chi connectivity index (χ3v) is 4.30. The van der Waals surface area contributed by atoms with E-state index < -0.39 is 12.6 Å². The Hall–Kier alpha value is -0.860. The van der Waals surface area contributed by atoms with Crippen LogP contribution < -0.4 is 0 Å². The van der Waals surface area contributed by atoms with Gasteiger partial charge in [-0.05, 0) is 39.4 Å². The summed E-state index contributed by atoms with van der Waals surface area (Å²) in [5.41, 5.74) is 1.40. The predicted molar refractivity (Wildman–Crippen MR) is 80.5 cm³/mol. The van der Waals surface area contributed by atoms with E-state index >= 15 is 0 Å². The summed E-state index contributed by atoms with van der Waals surface area (Å²) < 4.78 is 22.7. The van der Waals surface area contributed by atoms with Gasteiger partial charge in [-0.2, -0.15) is 0 Å². The highest BCUT2D eigenvalue weighted by Crippen LogP contribution is 2.40. The van der Waals surface area contributed by atoms with Gasteiger partial charge in [-0.15, -0.1) is 0 Å². The molecule has 106 valence electrons. The molecule has 1 aliphatic carbocycles. The zero-order chi connectivity index (χ0) is 16.4. The summed E-state index contributed by atoms with van der Waals surface area (Å²) in [6.45, 7) is 0.243. The Bertz CT molecular complexity index is 478. The van der Waals surface area contributed by atoms with Crippen molar-refractivity contribution in [3.8, 4) is 0 Å². The van der Waals surface area contributed by atoms with Crippen molar-refractivity contribution >= 4 is 0 Å². The van der Waals surface area contributed by atoms with Crippen LogP contribution in [0.4, 0.5) is 0 Å². The lowest BCUT2D eigenvalue weighted by Crippen LogP contribution is -2.42. The predicted octanol–water partition coefficient (Wildman–Crippen LogP) is 3.34. The molecule has 1 saturated carbocycles. The van der Waals surface area contributed by atoms with E-state index in [9.17, 15) is 5.11 Å². The van der Waals surface area contributed by atoms with E-state index in [0.717, 1.165) is 37.7 Å². The molecule has 1 aliphatic rings. The van der Waals surface area contributed by atoms with Gasteiger partial charge in [-0.3, -0.25) is 0 Å². The van der Waals surface area contributed by atoms with Crippen LogP contribution in [0.25, 0.3) is 0 Å². The molecule has 0 aromatic heterocycles. The minimum atomic E-state index is -2.13. The summed E-state index contributed by atoms with van der Waals surface area (Å²) in [5, 5.41) is 11.2. The largest absolute Gasteiger partial charge is 0.389 e. The molecule has 0 radical (unpaired) electrons. The minimum absolute atomic E-state index is 0.168. The number of rotatable bonds is 4. The Labute approximate surface area is 121 Å². The summed E-state index contributed by atoms with van der Waals surface area (Å²) in [6, 6.07) is 8.12. The number of aryl methyl sites for hydroxylation is 1. The summed E-state index contributed by atoms with van der Waals surface area (Å²) in [6.07, 6.45) is 4.67. The Morgan fingerprint density at radius 2 is 1.89 bits per heavy atom. The van der Waals surface area contributed by atoms with Crippen molar-refractivity contribution in [3.63, 3.8) is 0 Å². The van der Waals surface area contributed by atoms with Crippen molar-refractivity contribution < 1.29 is 9.22 Å². The van der Waals surface area contributed by atoms with E-state index in [1.165, 1.54) is 10.5 Å². The van der Waals surface area contributed by atoms with E-state index in [0.29, 0.717) is 6.54 Å². The summed E-state index contributed by atoms with van der Waals surface area (Å²) in [4.78, 5) is 1.38. The van der Waals surface area contributed by atoms with Crippen LogP contribution in [-0.2, 0) is 0 Å². The molecule has 0 aliphatic heterocycles. The molecule has 2 nitrogen and oxygen atoms in total. The van der Waals surface area contributed by atoms with Crippen LogP contribution in [0.3, 0.4) is 0 Å². The number of likely N-dealkylation sites (N-methyl/N-ethyl adjacent to an activating group) is 1. The van der Waals surface area contributed by atoms with E-state index in [4.69, 9.17) is 4.11 Å². The average Bonchev–Trinajstić information content (AvgIpc) is 2.45.